The highest BCUT2D eigenvalue weighted by molar-refractivity contribution is 5.99. The van der Waals surface area contributed by atoms with Gasteiger partial charge >= 0.3 is 5.97 Å². The number of aromatic nitrogens is 1. The Hall–Kier alpha value is -2.61. The van der Waals surface area contributed by atoms with Crippen LogP contribution in [0.5, 0.6) is 5.75 Å². The predicted molar refractivity (Wildman–Crippen MR) is 96.6 cm³/mol. The fraction of sp³-hybridized carbons (Fsp3) is 0.474. The highest BCUT2D eigenvalue weighted by atomic mass is 19.1. The molecule has 1 aromatic heterocycles. The van der Waals surface area contributed by atoms with Crippen molar-refractivity contribution in [2.45, 2.75) is 32.3 Å². The molecule has 1 aromatic carbocycles. The molecule has 27 heavy (non-hydrogen) atoms. The van der Waals surface area contributed by atoms with Gasteiger partial charge in [0, 0.05) is 18.7 Å². The zero-order valence-corrected chi connectivity index (χ0v) is 15.5. The number of methoxy groups -OCH3 is 1. The van der Waals surface area contributed by atoms with E-state index in [1.807, 2.05) is 4.90 Å². The molecular weight excluding hydrogens is 355 g/mol. The molecule has 0 radical (unpaired) electrons. The smallest absolute Gasteiger partial charge is 0.343 e. The van der Waals surface area contributed by atoms with Gasteiger partial charge in [-0.15, -0.1) is 0 Å². The number of halogens is 1. The van der Waals surface area contributed by atoms with Gasteiger partial charge in [0.1, 0.15) is 0 Å². The first-order chi connectivity index (χ1) is 12.7. The van der Waals surface area contributed by atoms with Crippen LogP contribution in [-0.4, -0.2) is 47.1 Å². The van der Waals surface area contributed by atoms with Gasteiger partial charge in [0.15, 0.2) is 28.7 Å². The molecule has 0 bridgehead atoms. The van der Waals surface area contributed by atoms with Crippen molar-refractivity contribution in [1.82, 2.24) is 5.16 Å². The summed E-state index contributed by atoms with van der Waals surface area (Å²) in [7, 11) is 1.33. The minimum Gasteiger partial charge on any atom is -0.494 e. The average molecular weight is 378 g/mol. The Morgan fingerprint density at radius 3 is 2.59 bits per heavy atom. The van der Waals surface area contributed by atoms with Gasteiger partial charge in [0.25, 0.3) is 0 Å². The maximum Gasteiger partial charge on any atom is 0.343 e. The molecule has 0 amide bonds. The summed E-state index contributed by atoms with van der Waals surface area (Å²) >= 11 is 0. The van der Waals surface area contributed by atoms with E-state index in [0.29, 0.717) is 18.7 Å². The molecule has 0 spiro atoms. The standard InChI is InChI=1S/C19H23FN2O5/c1-19(2,25)12-6-8-22(9-7-12)17-15(18(23)24)16(27-21-17)11-4-5-13(20)14(10-11)26-3/h4-5,10,12,25H,6-9H2,1-3H3,(H,23,24). The predicted octanol–water partition coefficient (Wildman–Crippen LogP) is 3.17. The van der Waals surface area contributed by atoms with Crippen molar-refractivity contribution in [3.8, 4) is 17.1 Å². The van der Waals surface area contributed by atoms with Gasteiger partial charge < -0.3 is 24.4 Å². The van der Waals surface area contributed by atoms with Crippen molar-refractivity contribution in [1.29, 1.82) is 0 Å². The van der Waals surface area contributed by atoms with Crippen LogP contribution in [-0.2, 0) is 0 Å². The van der Waals surface area contributed by atoms with Crippen molar-refractivity contribution in [2.75, 3.05) is 25.1 Å². The molecule has 2 aromatic rings. The number of hydrogen-bond donors (Lipinski definition) is 2. The normalized spacial score (nSPS) is 15.8. The minimum absolute atomic E-state index is 0.00668. The second-order valence-corrected chi connectivity index (χ2v) is 7.28. The second-order valence-electron chi connectivity index (χ2n) is 7.28. The van der Waals surface area contributed by atoms with Crippen LogP contribution < -0.4 is 9.64 Å². The van der Waals surface area contributed by atoms with Crippen LogP contribution in [0.2, 0.25) is 0 Å². The number of carboxylic acids is 1. The van der Waals surface area contributed by atoms with Crippen molar-refractivity contribution in [3.05, 3.63) is 29.6 Å². The lowest BCUT2D eigenvalue weighted by Crippen LogP contribution is -2.42. The van der Waals surface area contributed by atoms with Gasteiger partial charge in [-0.05, 0) is 50.8 Å². The Labute approximate surface area is 156 Å². The van der Waals surface area contributed by atoms with E-state index in [2.05, 4.69) is 5.16 Å². The van der Waals surface area contributed by atoms with Crippen LogP contribution in [0.15, 0.2) is 22.7 Å². The summed E-state index contributed by atoms with van der Waals surface area (Å²) in [4.78, 5) is 13.7. The maximum atomic E-state index is 13.7. The lowest BCUT2D eigenvalue weighted by Gasteiger charge is -2.37. The first-order valence-electron chi connectivity index (χ1n) is 8.76. The van der Waals surface area contributed by atoms with Crippen molar-refractivity contribution in [3.63, 3.8) is 0 Å². The number of carbonyl (C=O) groups is 1. The number of aromatic carboxylic acids is 1. The molecule has 0 saturated carbocycles. The third kappa shape index (κ3) is 3.75. The number of nitrogens with zero attached hydrogens (tertiary/aromatic N) is 2. The Kier molecular flexibility index (Phi) is 5.10. The van der Waals surface area contributed by atoms with E-state index in [-0.39, 0.29) is 28.8 Å². The van der Waals surface area contributed by atoms with E-state index >= 15 is 0 Å². The van der Waals surface area contributed by atoms with Crippen molar-refractivity contribution in [2.24, 2.45) is 5.92 Å². The Morgan fingerprint density at radius 1 is 1.37 bits per heavy atom. The van der Waals surface area contributed by atoms with Crippen LogP contribution >= 0.6 is 0 Å². The molecule has 8 heteroatoms. The molecule has 1 saturated heterocycles. The molecule has 0 atom stereocenters. The molecule has 0 aliphatic carbocycles. The quantitative estimate of drug-likeness (QED) is 0.825. The number of ether oxygens (including phenoxy) is 1. The van der Waals surface area contributed by atoms with E-state index in [9.17, 15) is 19.4 Å². The summed E-state index contributed by atoms with van der Waals surface area (Å²) in [6, 6.07) is 4.00. The van der Waals surface area contributed by atoms with Crippen LogP contribution in [0.25, 0.3) is 11.3 Å². The summed E-state index contributed by atoms with van der Waals surface area (Å²) in [6.45, 7) is 4.69. The fourth-order valence-electron chi connectivity index (χ4n) is 3.49. The zero-order valence-electron chi connectivity index (χ0n) is 15.5. The van der Waals surface area contributed by atoms with Gasteiger partial charge in [0.05, 0.1) is 12.7 Å². The summed E-state index contributed by atoms with van der Waals surface area (Å²) in [5.74, 6) is -1.29. The van der Waals surface area contributed by atoms with E-state index in [4.69, 9.17) is 9.26 Å². The van der Waals surface area contributed by atoms with Crippen molar-refractivity contribution < 1.29 is 28.7 Å². The molecule has 3 rings (SSSR count). The average Bonchev–Trinajstić information content (AvgIpc) is 3.07. The molecule has 2 N–H and O–H groups in total. The lowest BCUT2D eigenvalue weighted by molar-refractivity contribution is 0.00638. The van der Waals surface area contributed by atoms with Crippen LogP contribution in [0.1, 0.15) is 37.0 Å². The third-order valence-electron chi connectivity index (χ3n) is 5.09. The zero-order chi connectivity index (χ0) is 19.8. The molecule has 1 fully saturated rings. The molecule has 1 aliphatic rings. The Bertz CT molecular complexity index is 835. The van der Waals surface area contributed by atoms with E-state index in [1.165, 1.54) is 25.3 Å². The largest absolute Gasteiger partial charge is 0.494 e. The first-order valence-corrected chi connectivity index (χ1v) is 8.76. The number of piperidine rings is 1. The SMILES string of the molecule is COc1cc(-c2onc(N3CCC(C(C)(C)O)CC3)c2C(=O)O)ccc1F. The van der Waals surface area contributed by atoms with Crippen molar-refractivity contribution >= 4 is 11.8 Å². The highest BCUT2D eigenvalue weighted by Gasteiger charge is 2.34. The topological polar surface area (TPSA) is 96.0 Å². The van der Waals surface area contributed by atoms with Gasteiger partial charge in [0.2, 0.25) is 0 Å². The fourth-order valence-corrected chi connectivity index (χ4v) is 3.49. The molecule has 146 valence electrons. The Morgan fingerprint density at radius 2 is 2.04 bits per heavy atom. The molecular formula is C19H23FN2O5. The minimum atomic E-state index is -1.17. The van der Waals surface area contributed by atoms with Crippen LogP contribution in [0.3, 0.4) is 0 Å². The number of benzene rings is 1. The van der Waals surface area contributed by atoms with Gasteiger partial charge in [-0.1, -0.05) is 5.16 Å². The van der Waals surface area contributed by atoms with E-state index in [0.717, 1.165) is 12.8 Å². The lowest BCUT2D eigenvalue weighted by atomic mass is 9.83. The third-order valence-corrected chi connectivity index (χ3v) is 5.09. The number of rotatable bonds is 5. The summed E-state index contributed by atoms with van der Waals surface area (Å²) in [6.07, 6.45) is 1.43. The van der Waals surface area contributed by atoms with Gasteiger partial charge in [-0.3, -0.25) is 0 Å². The first kappa shape index (κ1) is 19.2. The van der Waals surface area contributed by atoms with Gasteiger partial charge in [-0.25, -0.2) is 9.18 Å². The summed E-state index contributed by atoms with van der Waals surface area (Å²) in [5, 5.41) is 23.9. The number of hydrogen-bond acceptors (Lipinski definition) is 6. The molecule has 0 unspecified atom stereocenters. The van der Waals surface area contributed by atoms with Crippen LogP contribution in [0.4, 0.5) is 10.2 Å². The maximum absolute atomic E-state index is 13.7. The number of carboxylic acid groups (broad SMARTS) is 1. The number of aliphatic hydroxyl groups is 1. The van der Waals surface area contributed by atoms with Crippen LogP contribution in [0, 0.1) is 11.7 Å². The Balaban J connectivity index is 1.92. The second kappa shape index (κ2) is 7.19. The summed E-state index contributed by atoms with van der Waals surface area (Å²) < 4.78 is 23.9. The molecule has 2 heterocycles. The van der Waals surface area contributed by atoms with E-state index in [1.54, 1.807) is 13.8 Å². The summed E-state index contributed by atoms with van der Waals surface area (Å²) in [5.41, 5.74) is -0.470. The number of anilines is 1. The van der Waals surface area contributed by atoms with E-state index < -0.39 is 17.4 Å². The molecule has 1 aliphatic heterocycles. The molecule has 7 nitrogen and oxygen atoms in total. The monoisotopic (exact) mass is 378 g/mol. The highest BCUT2D eigenvalue weighted by Crippen LogP contribution is 2.36. The van der Waals surface area contributed by atoms with Gasteiger partial charge in [-0.2, -0.15) is 0 Å².